The lowest BCUT2D eigenvalue weighted by Gasteiger charge is -2.10. The van der Waals surface area contributed by atoms with E-state index < -0.39 is 17.5 Å². The summed E-state index contributed by atoms with van der Waals surface area (Å²) in [6.07, 6.45) is 3.62. The molecule has 0 fully saturated rings. The quantitative estimate of drug-likeness (QED) is 0.716. The van der Waals surface area contributed by atoms with Gasteiger partial charge in [-0.25, -0.2) is 18.7 Å². The van der Waals surface area contributed by atoms with Crippen molar-refractivity contribution in [2.75, 3.05) is 10.6 Å². The zero-order valence-electron chi connectivity index (χ0n) is 14.0. The monoisotopic (exact) mass is 354 g/mol. The third-order valence-corrected chi connectivity index (χ3v) is 3.72. The van der Waals surface area contributed by atoms with Gasteiger partial charge < -0.3 is 10.6 Å². The molecule has 0 bridgehead atoms. The zero-order valence-corrected chi connectivity index (χ0v) is 14.0. The fourth-order valence-corrected chi connectivity index (χ4v) is 2.37. The molecular weight excluding hydrogens is 338 g/mol. The molecule has 0 aliphatic carbocycles. The van der Waals surface area contributed by atoms with Gasteiger partial charge in [0.2, 0.25) is 0 Å². The van der Waals surface area contributed by atoms with Crippen LogP contribution < -0.4 is 10.6 Å². The predicted molar refractivity (Wildman–Crippen MR) is 95.4 cm³/mol. The van der Waals surface area contributed by atoms with Crippen molar-refractivity contribution < 1.29 is 13.6 Å². The Bertz CT molecular complexity index is 929. The smallest absolute Gasteiger partial charge is 0.275 e. The molecule has 1 aromatic heterocycles. The lowest BCUT2D eigenvalue weighted by molar-refractivity contribution is 0.102. The summed E-state index contributed by atoms with van der Waals surface area (Å²) < 4.78 is 26.1. The van der Waals surface area contributed by atoms with Crippen LogP contribution in [0.25, 0.3) is 0 Å². The molecule has 0 spiro atoms. The molecule has 1 amide bonds. The largest absolute Gasteiger partial charge is 0.339 e. The number of nitrogens with one attached hydrogen (secondary N) is 2. The van der Waals surface area contributed by atoms with Crippen molar-refractivity contribution >= 4 is 23.1 Å². The summed E-state index contributed by atoms with van der Waals surface area (Å²) in [5.74, 6) is -2.09. The molecule has 7 heteroatoms. The summed E-state index contributed by atoms with van der Waals surface area (Å²) in [6, 6.07) is 10.9. The van der Waals surface area contributed by atoms with Crippen molar-refractivity contribution in [1.82, 2.24) is 9.97 Å². The molecule has 0 saturated carbocycles. The van der Waals surface area contributed by atoms with Crippen LogP contribution in [0.15, 0.2) is 54.9 Å². The Morgan fingerprint density at radius 2 is 1.85 bits per heavy atom. The maximum atomic E-state index is 13.2. The first-order chi connectivity index (χ1) is 12.6. The van der Waals surface area contributed by atoms with Gasteiger partial charge in [0, 0.05) is 17.4 Å². The Labute approximate surface area is 149 Å². The van der Waals surface area contributed by atoms with Crippen molar-refractivity contribution in [2.45, 2.75) is 13.3 Å². The molecule has 2 aromatic carbocycles. The van der Waals surface area contributed by atoms with Crippen molar-refractivity contribution in [3.05, 3.63) is 77.8 Å². The van der Waals surface area contributed by atoms with Crippen molar-refractivity contribution in [3.8, 4) is 0 Å². The molecule has 0 saturated heterocycles. The standard InChI is InChI=1S/C19H16F2N4O/c1-2-12-5-3-4-6-16(12)25-18-11-22-17(10-23-18)19(26)24-13-7-8-14(20)15(21)9-13/h3-11H,2H2,1H3,(H,23,25)(H,24,26). The van der Waals surface area contributed by atoms with Gasteiger partial charge in [-0.05, 0) is 30.2 Å². The molecule has 2 N–H and O–H groups in total. The second-order valence-corrected chi connectivity index (χ2v) is 5.51. The number of aryl methyl sites for hydroxylation is 1. The van der Waals surface area contributed by atoms with Crippen molar-refractivity contribution in [1.29, 1.82) is 0 Å². The normalized spacial score (nSPS) is 10.4. The van der Waals surface area contributed by atoms with Gasteiger partial charge >= 0.3 is 0 Å². The van der Waals surface area contributed by atoms with Crippen molar-refractivity contribution in [3.63, 3.8) is 0 Å². The van der Waals surface area contributed by atoms with Crippen LogP contribution in [0.2, 0.25) is 0 Å². The highest BCUT2D eigenvalue weighted by Gasteiger charge is 2.11. The minimum absolute atomic E-state index is 0.0593. The molecule has 0 unspecified atom stereocenters. The summed E-state index contributed by atoms with van der Waals surface area (Å²) in [5, 5.41) is 5.60. The maximum Gasteiger partial charge on any atom is 0.275 e. The number of carbonyl (C=O) groups excluding carboxylic acids is 1. The van der Waals surface area contributed by atoms with E-state index in [4.69, 9.17) is 0 Å². The summed E-state index contributed by atoms with van der Waals surface area (Å²) in [4.78, 5) is 20.4. The first kappa shape index (κ1) is 17.5. The molecular formula is C19H16F2N4O. The first-order valence-electron chi connectivity index (χ1n) is 8.00. The number of hydrogen-bond acceptors (Lipinski definition) is 4. The van der Waals surface area contributed by atoms with E-state index in [0.29, 0.717) is 5.82 Å². The van der Waals surface area contributed by atoms with Gasteiger partial charge in [-0.1, -0.05) is 25.1 Å². The van der Waals surface area contributed by atoms with Crippen LogP contribution in [0, 0.1) is 11.6 Å². The lowest BCUT2D eigenvalue weighted by atomic mass is 10.1. The predicted octanol–water partition coefficient (Wildman–Crippen LogP) is 4.31. The van der Waals surface area contributed by atoms with Crippen LogP contribution in [0.4, 0.5) is 26.0 Å². The number of hydrogen-bond donors (Lipinski definition) is 2. The van der Waals surface area contributed by atoms with Crippen LogP contribution in [0.1, 0.15) is 23.0 Å². The maximum absolute atomic E-state index is 13.2. The Balaban J connectivity index is 1.70. The van der Waals surface area contributed by atoms with Crippen LogP contribution in [0.5, 0.6) is 0 Å². The summed E-state index contributed by atoms with van der Waals surface area (Å²) in [7, 11) is 0. The SMILES string of the molecule is CCc1ccccc1Nc1cnc(C(=O)Nc2ccc(F)c(F)c2)cn1. The molecule has 3 aromatic rings. The minimum Gasteiger partial charge on any atom is -0.339 e. The third-order valence-electron chi connectivity index (χ3n) is 3.72. The molecule has 132 valence electrons. The summed E-state index contributed by atoms with van der Waals surface area (Å²) in [6.45, 7) is 2.05. The average molecular weight is 354 g/mol. The molecule has 3 rings (SSSR count). The highest BCUT2D eigenvalue weighted by molar-refractivity contribution is 6.02. The van der Waals surface area contributed by atoms with Gasteiger partial charge in [-0.2, -0.15) is 0 Å². The van der Waals surface area contributed by atoms with Crippen LogP contribution in [-0.2, 0) is 6.42 Å². The number of nitrogens with zero attached hydrogens (tertiary/aromatic N) is 2. The molecule has 5 nitrogen and oxygen atoms in total. The van der Waals surface area contributed by atoms with Gasteiger partial charge in [0.15, 0.2) is 11.6 Å². The zero-order chi connectivity index (χ0) is 18.5. The van der Waals surface area contributed by atoms with Gasteiger partial charge in [0.05, 0.1) is 12.4 Å². The number of carbonyl (C=O) groups is 1. The Kier molecular flexibility index (Phi) is 5.17. The van der Waals surface area contributed by atoms with Crippen molar-refractivity contribution in [2.24, 2.45) is 0 Å². The highest BCUT2D eigenvalue weighted by atomic mass is 19.2. The Morgan fingerprint density at radius 3 is 2.54 bits per heavy atom. The van der Waals surface area contributed by atoms with Gasteiger partial charge in [0.25, 0.3) is 5.91 Å². The number of amides is 1. The highest BCUT2D eigenvalue weighted by Crippen LogP contribution is 2.19. The van der Waals surface area contributed by atoms with Gasteiger partial charge in [0.1, 0.15) is 11.5 Å². The topological polar surface area (TPSA) is 66.9 Å². The van der Waals surface area contributed by atoms with Crippen LogP contribution in [0.3, 0.4) is 0 Å². The number of benzene rings is 2. The Hall–Kier alpha value is -3.35. The number of para-hydroxylation sites is 1. The van der Waals surface area contributed by atoms with Crippen LogP contribution >= 0.6 is 0 Å². The minimum atomic E-state index is -1.04. The molecule has 0 radical (unpaired) electrons. The second kappa shape index (κ2) is 7.69. The third kappa shape index (κ3) is 4.00. The number of halogens is 2. The van der Waals surface area contributed by atoms with E-state index >= 15 is 0 Å². The second-order valence-electron chi connectivity index (χ2n) is 5.51. The van der Waals surface area contributed by atoms with E-state index in [2.05, 4.69) is 27.5 Å². The van der Waals surface area contributed by atoms with Crippen LogP contribution in [-0.4, -0.2) is 15.9 Å². The lowest BCUT2D eigenvalue weighted by Crippen LogP contribution is -2.14. The fraction of sp³-hybridized carbons (Fsp3) is 0.105. The van der Waals surface area contributed by atoms with Gasteiger partial charge in [-0.15, -0.1) is 0 Å². The molecule has 0 aliphatic heterocycles. The average Bonchev–Trinajstić information content (AvgIpc) is 2.66. The van der Waals surface area contributed by atoms with E-state index in [1.54, 1.807) is 0 Å². The number of anilines is 3. The summed E-state index contributed by atoms with van der Waals surface area (Å²) in [5.41, 5.74) is 2.25. The van der Waals surface area contributed by atoms with Gasteiger partial charge in [-0.3, -0.25) is 4.79 Å². The van der Waals surface area contributed by atoms with E-state index in [9.17, 15) is 13.6 Å². The number of rotatable bonds is 5. The number of aromatic nitrogens is 2. The van der Waals surface area contributed by atoms with E-state index in [-0.39, 0.29) is 11.4 Å². The Morgan fingerprint density at radius 1 is 1.04 bits per heavy atom. The fourth-order valence-electron chi connectivity index (χ4n) is 2.37. The summed E-state index contributed by atoms with van der Waals surface area (Å²) >= 11 is 0. The van der Waals surface area contributed by atoms with E-state index in [1.165, 1.54) is 18.5 Å². The molecule has 0 aliphatic rings. The molecule has 1 heterocycles. The van der Waals surface area contributed by atoms with E-state index in [1.807, 2.05) is 24.3 Å². The van der Waals surface area contributed by atoms with E-state index in [0.717, 1.165) is 29.8 Å². The molecule has 0 atom stereocenters. The molecule has 26 heavy (non-hydrogen) atoms. The first-order valence-corrected chi connectivity index (χ1v) is 8.00.